The average molecular weight is 286 g/mol. The summed E-state index contributed by atoms with van der Waals surface area (Å²) in [4.78, 5) is 17.8. The molecule has 1 amide bonds. The van der Waals surface area contributed by atoms with Gasteiger partial charge in [0.2, 0.25) is 0 Å². The largest absolute Gasteiger partial charge is 0.362 e. The molecule has 0 saturated carbocycles. The van der Waals surface area contributed by atoms with Crippen LogP contribution in [-0.4, -0.2) is 10.9 Å². The Morgan fingerprint density at radius 2 is 1.64 bits per heavy atom. The van der Waals surface area contributed by atoms with Gasteiger partial charge in [-0.3, -0.25) is 9.69 Å². The van der Waals surface area contributed by atoms with Crippen molar-refractivity contribution in [1.82, 2.24) is 4.98 Å². The van der Waals surface area contributed by atoms with E-state index in [0.717, 1.165) is 22.6 Å². The third kappa shape index (κ3) is 1.95. The van der Waals surface area contributed by atoms with Crippen molar-refractivity contribution in [3.8, 4) is 0 Å². The molecular weight excluding hydrogens is 272 g/mol. The Labute approximate surface area is 128 Å². The minimum atomic E-state index is 0.00185. The molecule has 0 spiro atoms. The van der Waals surface area contributed by atoms with Crippen LogP contribution in [0.1, 0.15) is 11.3 Å². The number of nitrogens with one attached hydrogen (secondary N) is 1. The van der Waals surface area contributed by atoms with E-state index in [1.54, 1.807) is 4.90 Å². The van der Waals surface area contributed by atoms with Crippen LogP contribution in [0.2, 0.25) is 0 Å². The molecule has 1 aliphatic heterocycles. The first-order chi connectivity index (χ1) is 10.8. The normalized spacial score (nSPS) is 15.4. The summed E-state index contributed by atoms with van der Waals surface area (Å²) in [6.45, 7) is 0. The van der Waals surface area contributed by atoms with Crippen LogP contribution in [0.4, 0.5) is 11.4 Å². The maximum Gasteiger partial charge on any atom is 0.263 e. The van der Waals surface area contributed by atoms with E-state index in [1.165, 1.54) is 0 Å². The highest BCUT2D eigenvalue weighted by Crippen LogP contribution is 2.41. The van der Waals surface area contributed by atoms with E-state index in [9.17, 15) is 4.79 Å². The number of hydrogen-bond acceptors (Lipinski definition) is 1. The Bertz CT molecular complexity index is 848. The van der Waals surface area contributed by atoms with E-state index in [-0.39, 0.29) is 5.91 Å². The average Bonchev–Trinajstić information content (AvgIpc) is 3.16. The highest BCUT2D eigenvalue weighted by atomic mass is 16.2. The summed E-state index contributed by atoms with van der Waals surface area (Å²) < 4.78 is 0. The number of aromatic amines is 1. The molecule has 0 saturated heterocycles. The molecule has 22 heavy (non-hydrogen) atoms. The lowest BCUT2D eigenvalue weighted by Gasteiger charge is -2.16. The van der Waals surface area contributed by atoms with Crippen LogP contribution in [0.3, 0.4) is 0 Å². The van der Waals surface area contributed by atoms with Gasteiger partial charge in [0.05, 0.1) is 11.3 Å². The summed E-state index contributed by atoms with van der Waals surface area (Å²) in [5, 5.41) is 0. The van der Waals surface area contributed by atoms with Crippen LogP contribution < -0.4 is 4.90 Å². The van der Waals surface area contributed by atoms with Crippen LogP contribution in [0.25, 0.3) is 11.6 Å². The van der Waals surface area contributed by atoms with Crippen LogP contribution in [0, 0.1) is 0 Å². The van der Waals surface area contributed by atoms with Crippen molar-refractivity contribution in [2.75, 3.05) is 4.90 Å². The molecule has 2 heterocycles. The Balaban J connectivity index is 1.89. The number of para-hydroxylation sites is 2. The van der Waals surface area contributed by atoms with Crippen LogP contribution in [0.15, 0.2) is 72.9 Å². The number of nitrogens with zero attached hydrogens (tertiary/aromatic N) is 1. The van der Waals surface area contributed by atoms with Crippen molar-refractivity contribution in [2.24, 2.45) is 0 Å². The highest BCUT2D eigenvalue weighted by molar-refractivity contribution is 6.37. The summed E-state index contributed by atoms with van der Waals surface area (Å²) in [6, 6.07) is 21.5. The van der Waals surface area contributed by atoms with Gasteiger partial charge in [0, 0.05) is 23.1 Å². The van der Waals surface area contributed by atoms with E-state index in [0.29, 0.717) is 5.57 Å². The molecule has 1 N–H and O–H groups in total. The van der Waals surface area contributed by atoms with Gasteiger partial charge in [-0.05, 0) is 36.4 Å². The van der Waals surface area contributed by atoms with Gasteiger partial charge < -0.3 is 4.98 Å². The van der Waals surface area contributed by atoms with Gasteiger partial charge in [0.25, 0.3) is 5.91 Å². The fourth-order valence-electron chi connectivity index (χ4n) is 2.80. The predicted molar refractivity (Wildman–Crippen MR) is 88.7 cm³/mol. The van der Waals surface area contributed by atoms with E-state index in [1.807, 2.05) is 79.0 Å². The standard InChI is InChI=1S/C19H14N2O/c22-19-17(13-14-7-6-12-20-14)16-10-4-5-11-18(16)21(19)15-8-2-1-3-9-15/h1-13,20H/b17-13+. The fourth-order valence-corrected chi connectivity index (χ4v) is 2.80. The first-order valence-corrected chi connectivity index (χ1v) is 7.18. The molecule has 3 aromatic rings. The van der Waals surface area contributed by atoms with Crippen molar-refractivity contribution < 1.29 is 4.79 Å². The van der Waals surface area contributed by atoms with Gasteiger partial charge in [0.1, 0.15) is 0 Å². The topological polar surface area (TPSA) is 36.1 Å². The van der Waals surface area contributed by atoms with E-state index in [2.05, 4.69) is 4.98 Å². The molecule has 0 bridgehead atoms. The SMILES string of the molecule is O=C1/C(=C/c2ccc[nH]2)c2ccccc2N1c1ccccc1. The van der Waals surface area contributed by atoms with E-state index < -0.39 is 0 Å². The number of anilines is 2. The molecule has 0 fully saturated rings. The fraction of sp³-hybridized carbons (Fsp3) is 0. The molecule has 0 aliphatic carbocycles. The molecule has 0 unspecified atom stereocenters. The van der Waals surface area contributed by atoms with Gasteiger partial charge in [0.15, 0.2) is 0 Å². The Kier molecular flexibility index (Phi) is 2.90. The lowest BCUT2D eigenvalue weighted by molar-refractivity contribution is -0.112. The van der Waals surface area contributed by atoms with Crippen LogP contribution in [-0.2, 0) is 4.79 Å². The number of amides is 1. The summed E-state index contributed by atoms with van der Waals surface area (Å²) in [6.07, 6.45) is 3.76. The molecule has 3 heteroatoms. The van der Waals surface area contributed by atoms with Crippen molar-refractivity contribution in [2.45, 2.75) is 0 Å². The van der Waals surface area contributed by atoms with Crippen molar-refractivity contribution >= 4 is 28.9 Å². The zero-order valence-corrected chi connectivity index (χ0v) is 11.9. The Morgan fingerprint density at radius 1 is 0.864 bits per heavy atom. The summed E-state index contributed by atoms with van der Waals surface area (Å²) in [5.41, 5.74) is 4.41. The quantitative estimate of drug-likeness (QED) is 0.703. The maximum atomic E-state index is 12.9. The van der Waals surface area contributed by atoms with Gasteiger partial charge >= 0.3 is 0 Å². The monoisotopic (exact) mass is 286 g/mol. The summed E-state index contributed by atoms with van der Waals surface area (Å²) in [7, 11) is 0. The summed E-state index contributed by atoms with van der Waals surface area (Å²) >= 11 is 0. The summed E-state index contributed by atoms with van der Waals surface area (Å²) in [5.74, 6) is 0.00185. The van der Waals surface area contributed by atoms with Crippen molar-refractivity contribution in [3.63, 3.8) is 0 Å². The number of carbonyl (C=O) groups excluding carboxylic acids is 1. The second-order valence-corrected chi connectivity index (χ2v) is 5.18. The minimum absolute atomic E-state index is 0.00185. The molecule has 3 nitrogen and oxygen atoms in total. The molecule has 106 valence electrons. The second kappa shape index (κ2) is 5.04. The molecule has 4 rings (SSSR count). The lowest BCUT2D eigenvalue weighted by Crippen LogP contribution is -2.20. The van der Waals surface area contributed by atoms with Crippen LogP contribution >= 0.6 is 0 Å². The van der Waals surface area contributed by atoms with E-state index >= 15 is 0 Å². The minimum Gasteiger partial charge on any atom is -0.362 e. The number of H-pyrrole nitrogens is 1. The number of hydrogen-bond donors (Lipinski definition) is 1. The van der Waals surface area contributed by atoms with Gasteiger partial charge in [-0.15, -0.1) is 0 Å². The number of fused-ring (bicyclic) bond motifs is 1. The maximum absolute atomic E-state index is 12.9. The number of aromatic nitrogens is 1. The number of rotatable bonds is 2. The zero-order valence-electron chi connectivity index (χ0n) is 11.9. The smallest absolute Gasteiger partial charge is 0.263 e. The zero-order chi connectivity index (χ0) is 14.9. The third-order valence-electron chi connectivity index (χ3n) is 3.80. The molecule has 1 aromatic heterocycles. The highest BCUT2D eigenvalue weighted by Gasteiger charge is 2.32. The predicted octanol–water partition coefficient (Wildman–Crippen LogP) is 4.23. The molecule has 2 aromatic carbocycles. The lowest BCUT2D eigenvalue weighted by atomic mass is 10.1. The Hall–Kier alpha value is -3.07. The number of carbonyl (C=O) groups is 1. The van der Waals surface area contributed by atoms with Gasteiger partial charge in [-0.2, -0.15) is 0 Å². The molecule has 0 radical (unpaired) electrons. The van der Waals surface area contributed by atoms with Gasteiger partial charge in [-0.1, -0.05) is 36.4 Å². The molecule has 1 aliphatic rings. The third-order valence-corrected chi connectivity index (χ3v) is 3.80. The first kappa shape index (κ1) is 12.7. The second-order valence-electron chi connectivity index (χ2n) is 5.18. The Morgan fingerprint density at radius 3 is 2.41 bits per heavy atom. The first-order valence-electron chi connectivity index (χ1n) is 7.18. The van der Waals surface area contributed by atoms with Crippen molar-refractivity contribution in [1.29, 1.82) is 0 Å². The van der Waals surface area contributed by atoms with Crippen LogP contribution in [0.5, 0.6) is 0 Å². The molecule has 0 atom stereocenters. The van der Waals surface area contributed by atoms with Gasteiger partial charge in [-0.25, -0.2) is 0 Å². The molecular formula is C19H14N2O. The number of benzene rings is 2. The van der Waals surface area contributed by atoms with E-state index in [4.69, 9.17) is 0 Å². The van der Waals surface area contributed by atoms with Crippen molar-refractivity contribution in [3.05, 3.63) is 84.2 Å².